The fourth-order valence-electron chi connectivity index (χ4n) is 3.18. The van der Waals surface area contributed by atoms with Crippen molar-refractivity contribution in [3.8, 4) is 0 Å². The highest BCUT2D eigenvalue weighted by molar-refractivity contribution is 7.90. The van der Waals surface area contributed by atoms with E-state index in [2.05, 4.69) is 49.9 Å². The van der Waals surface area contributed by atoms with E-state index in [0.717, 1.165) is 32.5 Å². The summed E-state index contributed by atoms with van der Waals surface area (Å²) in [5.41, 5.74) is 2.41. The predicted molar refractivity (Wildman–Crippen MR) is 110 cm³/mol. The first-order valence-corrected chi connectivity index (χ1v) is 11.9. The van der Waals surface area contributed by atoms with Crippen LogP contribution >= 0.6 is 0 Å². The third kappa shape index (κ3) is 9.70. The summed E-state index contributed by atoms with van der Waals surface area (Å²) in [6, 6.07) is 8.63. The van der Waals surface area contributed by atoms with E-state index in [1.54, 1.807) is 0 Å². The highest BCUT2D eigenvalue weighted by Crippen LogP contribution is 2.18. The molecule has 0 bridgehead atoms. The summed E-state index contributed by atoms with van der Waals surface area (Å²) in [7, 11) is -2.88. The quantitative estimate of drug-likeness (QED) is 0.598. The molecule has 1 aliphatic rings. The van der Waals surface area contributed by atoms with Crippen LogP contribution in [0.25, 0.3) is 0 Å². The zero-order valence-corrected chi connectivity index (χ0v) is 18.1. The Hall–Kier alpha value is -0.950. The Labute approximate surface area is 165 Å². The molecule has 27 heavy (non-hydrogen) atoms. The van der Waals surface area contributed by atoms with Crippen molar-refractivity contribution in [1.29, 1.82) is 0 Å². The molecule has 6 heteroatoms. The number of hydrogen-bond acceptors (Lipinski definition) is 5. The lowest BCUT2D eigenvalue weighted by Crippen LogP contribution is -2.36. The van der Waals surface area contributed by atoms with Crippen molar-refractivity contribution in [2.75, 3.05) is 31.7 Å². The van der Waals surface area contributed by atoms with E-state index < -0.39 is 9.84 Å². The molecule has 5 nitrogen and oxygen atoms in total. The van der Waals surface area contributed by atoms with Crippen molar-refractivity contribution >= 4 is 9.84 Å². The standard InChI is InChI=1S/C21H35NO4S/c1-21(2,3)26-17-19-8-5-7-18(15-19)16-22-11-9-20(10-12-22)25-13-6-14-27(4,23)24/h5,7-8,15,20H,6,9-14,16-17H2,1-4H3. The van der Waals surface area contributed by atoms with Crippen molar-refractivity contribution in [1.82, 2.24) is 4.90 Å². The first-order valence-electron chi connectivity index (χ1n) is 9.84. The van der Waals surface area contributed by atoms with Crippen molar-refractivity contribution in [2.24, 2.45) is 0 Å². The number of benzene rings is 1. The lowest BCUT2D eigenvalue weighted by atomic mass is 10.1. The number of hydrogen-bond donors (Lipinski definition) is 0. The number of sulfone groups is 1. The molecule has 1 aliphatic heterocycles. The largest absolute Gasteiger partial charge is 0.378 e. The van der Waals surface area contributed by atoms with Crippen LogP contribution in [0, 0.1) is 0 Å². The van der Waals surface area contributed by atoms with Gasteiger partial charge < -0.3 is 9.47 Å². The van der Waals surface area contributed by atoms with Gasteiger partial charge in [0.1, 0.15) is 9.84 Å². The van der Waals surface area contributed by atoms with Gasteiger partial charge in [-0.05, 0) is 51.2 Å². The van der Waals surface area contributed by atoms with Gasteiger partial charge in [-0.2, -0.15) is 0 Å². The van der Waals surface area contributed by atoms with E-state index in [1.165, 1.54) is 17.4 Å². The summed E-state index contributed by atoms with van der Waals surface area (Å²) in [6.45, 7) is 10.4. The Morgan fingerprint density at radius 3 is 2.44 bits per heavy atom. The molecule has 1 heterocycles. The summed E-state index contributed by atoms with van der Waals surface area (Å²) < 4.78 is 34.0. The average molecular weight is 398 g/mol. The minimum absolute atomic E-state index is 0.126. The maximum absolute atomic E-state index is 11.1. The fraction of sp³-hybridized carbons (Fsp3) is 0.714. The Morgan fingerprint density at radius 2 is 1.81 bits per heavy atom. The molecule has 1 aromatic rings. The molecule has 0 atom stereocenters. The fourth-order valence-corrected chi connectivity index (χ4v) is 3.82. The van der Waals surface area contributed by atoms with Gasteiger partial charge in [-0.15, -0.1) is 0 Å². The number of piperidine rings is 1. The van der Waals surface area contributed by atoms with E-state index in [4.69, 9.17) is 9.47 Å². The first-order chi connectivity index (χ1) is 12.6. The van der Waals surface area contributed by atoms with Crippen molar-refractivity contribution < 1.29 is 17.9 Å². The van der Waals surface area contributed by atoms with Crippen LogP contribution < -0.4 is 0 Å². The molecule has 0 aliphatic carbocycles. The van der Waals surface area contributed by atoms with Gasteiger partial charge in [0, 0.05) is 32.5 Å². The van der Waals surface area contributed by atoms with Crippen LogP contribution in [0.2, 0.25) is 0 Å². The summed E-state index contributed by atoms with van der Waals surface area (Å²) in [4.78, 5) is 2.46. The Bertz CT molecular complexity index is 674. The van der Waals surface area contributed by atoms with E-state index in [9.17, 15) is 8.42 Å². The summed E-state index contributed by atoms with van der Waals surface area (Å²) in [5, 5.41) is 0. The van der Waals surface area contributed by atoms with Crippen LogP contribution in [0.4, 0.5) is 0 Å². The smallest absolute Gasteiger partial charge is 0.147 e. The van der Waals surface area contributed by atoms with Crippen molar-refractivity contribution in [2.45, 2.75) is 64.9 Å². The van der Waals surface area contributed by atoms with Crippen molar-refractivity contribution in [3.05, 3.63) is 35.4 Å². The van der Waals surface area contributed by atoms with Crippen LogP contribution in [0.5, 0.6) is 0 Å². The molecule has 0 saturated carbocycles. The van der Waals surface area contributed by atoms with Gasteiger partial charge in [0.25, 0.3) is 0 Å². The molecule has 0 spiro atoms. The third-order valence-corrected chi connectivity index (χ3v) is 5.65. The molecule has 1 aromatic carbocycles. The van der Waals surface area contributed by atoms with Crippen LogP contribution in [-0.4, -0.2) is 56.7 Å². The van der Waals surface area contributed by atoms with Crippen LogP contribution in [0.1, 0.15) is 51.2 Å². The average Bonchev–Trinajstić information content (AvgIpc) is 2.57. The molecular formula is C21H35NO4S. The second kappa shape index (κ2) is 10.0. The zero-order valence-electron chi connectivity index (χ0n) is 17.2. The lowest BCUT2D eigenvalue weighted by molar-refractivity contribution is -0.0150. The zero-order chi connectivity index (χ0) is 19.9. The highest BCUT2D eigenvalue weighted by atomic mass is 32.2. The molecule has 2 rings (SSSR count). The number of rotatable bonds is 9. The predicted octanol–water partition coefficient (Wildman–Crippen LogP) is 3.42. The number of nitrogens with zero attached hydrogens (tertiary/aromatic N) is 1. The highest BCUT2D eigenvalue weighted by Gasteiger charge is 2.20. The van der Waals surface area contributed by atoms with Gasteiger partial charge in [-0.1, -0.05) is 24.3 Å². The van der Waals surface area contributed by atoms with Gasteiger partial charge >= 0.3 is 0 Å². The van der Waals surface area contributed by atoms with E-state index >= 15 is 0 Å². The van der Waals surface area contributed by atoms with Crippen LogP contribution in [0.3, 0.4) is 0 Å². The molecule has 0 aromatic heterocycles. The second-order valence-corrected chi connectivity index (χ2v) is 10.8. The second-order valence-electron chi connectivity index (χ2n) is 8.55. The normalized spacial score (nSPS) is 17.3. The van der Waals surface area contributed by atoms with Gasteiger partial charge in [-0.3, -0.25) is 4.90 Å². The summed E-state index contributed by atoms with van der Waals surface area (Å²) >= 11 is 0. The molecule has 1 fully saturated rings. The third-order valence-electron chi connectivity index (χ3n) is 4.62. The monoisotopic (exact) mass is 397 g/mol. The maximum atomic E-state index is 11.1. The van der Waals surface area contributed by atoms with Crippen LogP contribution in [0.15, 0.2) is 24.3 Å². The topological polar surface area (TPSA) is 55.8 Å². The van der Waals surface area contributed by atoms with E-state index in [0.29, 0.717) is 19.6 Å². The molecule has 0 amide bonds. The SMILES string of the molecule is CC(C)(C)OCc1cccc(CN2CCC(OCCCS(C)(=O)=O)CC2)c1. The Morgan fingerprint density at radius 1 is 1.15 bits per heavy atom. The van der Waals surface area contributed by atoms with E-state index in [1.807, 2.05) is 0 Å². The van der Waals surface area contributed by atoms with Gasteiger partial charge in [0.15, 0.2) is 0 Å². The van der Waals surface area contributed by atoms with E-state index in [-0.39, 0.29) is 17.5 Å². The molecule has 154 valence electrons. The molecule has 0 N–H and O–H groups in total. The Balaban J connectivity index is 1.71. The molecule has 0 unspecified atom stereocenters. The van der Waals surface area contributed by atoms with Gasteiger partial charge in [0.2, 0.25) is 0 Å². The number of ether oxygens (including phenoxy) is 2. The maximum Gasteiger partial charge on any atom is 0.147 e. The lowest BCUT2D eigenvalue weighted by Gasteiger charge is -2.32. The summed E-state index contributed by atoms with van der Waals surface area (Å²) in [5.74, 6) is 0.209. The van der Waals surface area contributed by atoms with Crippen LogP contribution in [-0.2, 0) is 32.5 Å². The molecule has 0 radical (unpaired) electrons. The number of likely N-dealkylation sites (tertiary alicyclic amines) is 1. The molecule has 1 saturated heterocycles. The minimum Gasteiger partial charge on any atom is -0.378 e. The van der Waals surface area contributed by atoms with Gasteiger partial charge in [-0.25, -0.2) is 8.42 Å². The first kappa shape index (κ1) is 22.3. The summed E-state index contributed by atoms with van der Waals surface area (Å²) in [6.07, 6.45) is 4.13. The Kier molecular flexibility index (Phi) is 8.28. The van der Waals surface area contributed by atoms with Crippen molar-refractivity contribution in [3.63, 3.8) is 0 Å². The van der Waals surface area contributed by atoms with Gasteiger partial charge in [0.05, 0.1) is 24.1 Å². The minimum atomic E-state index is -2.88. The molecular weight excluding hydrogens is 362 g/mol.